The summed E-state index contributed by atoms with van der Waals surface area (Å²) in [7, 11) is 5.70. The first-order valence-electron chi connectivity index (χ1n) is 3.74. The zero-order valence-corrected chi connectivity index (χ0v) is 6.49. The molecular weight excluding hydrogens is 147 g/mol. The number of aromatic hydroxyl groups is 1. The molecule has 2 aromatic rings. The molecule has 0 aliphatic rings. The van der Waals surface area contributed by atoms with Gasteiger partial charge in [-0.1, -0.05) is 29.7 Å². The lowest BCUT2D eigenvalue weighted by atomic mass is 9.90. The Hall–Kier alpha value is -1.44. The number of benzene rings is 2. The van der Waals surface area contributed by atoms with Crippen molar-refractivity contribution in [1.29, 1.82) is 0 Å². The fourth-order valence-corrected chi connectivity index (χ4v) is 1.32. The second-order valence-electron chi connectivity index (χ2n) is 2.76. The van der Waals surface area contributed by atoms with Crippen molar-refractivity contribution in [2.45, 2.75) is 0 Å². The summed E-state index contributed by atoms with van der Waals surface area (Å²) < 4.78 is 0. The molecule has 2 rings (SSSR count). The van der Waals surface area contributed by atoms with E-state index in [1.54, 1.807) is 12.1 Å². The van der Waals surface area contributed by atoms with Gasteiger partial charge in [-0.3, -0.25) is 0 Å². The summed E-state index contributed by atoms with van der Waals surface area (Å²) in [6.45, 7) is 0. The maximum atomic E-state index is 9.23. The molecule has 1 N–H and O–H groups in total. The molecule has 0 amide bonds. The van der Waals surface area contributed by atoms with Crippen LogP contribution in [0, 0.1) is 0 Å². The molecular formula is C10H7BO. The highest BCUT2D eigenvalue weighted by Crippen LogP contribution is 2.16. The summed E-state index contributed by atoms with van der Waals surface area (Å²) in [5.74, 6) is 0.214. The fraction of sp³-hybridized carbons (Fsp3) is 0. The molecule has 0 bridgehead atoms. The van der Waals surface area contributed by atoms with Crippen molar-refractivity contribution >= 4 is 24.1 Å². The van der Waals surface area contributed by atoms with Crippen molar-refractivity contribution in [2.75, 3.05) is 0 Å². The van der Waals surface area contributed by atoms with E-state index in [9.17, 15) is 5.11 Å². The van der Waals surface area contributed by atoms with Crippen molar-refractivity contribution in [1.82, 2.24) is 0 Å². The van der Waals surface area contributed by atoms with Gasteiger partial charge in [0, 0.05) is 0 Å². The minimum absolute atomic E-state index is 0.214. The average molecular weight is 154 g/mol. The predicted molar refractivity (Wildman–Crippen MR) is 51.0 cm³/mol. The number of hydrogen-bond donors (Lipinski definition) is 1. The molecule has 2 radical (unpaired) electrons. The highest BCUT2D eigenvalue weighted by Gasteiger charge is 1.97. The summed E-state index contributed by atoms with van der Waals surface area (Å²) >= 11 is 0. The molecule has 0 aromatic heterocycles. The van der Waals surface area contributed by atoms with Gasteiger partial charge in [0.05, 0.1) is 0 Å². The topological polar surface area (TPSA) is 20.2 Å². The van der Waals surface area contributed by atoms with Crippen LogP contribution in [0.4, 0.5) is 0 Å². The molecule has 0 saturated carbocycles. The van der Waals surface area contributed by atoms with Gasteiger partial charge in [0.25, 0.3) is 0 Å². The van der Waals surface area contributed by atoms with E-state index < -0.39 is 0 Å². The first-order valence-corrected chi connectivity index (χ1v) is 3.74. The Morgan fingerprint density at radius 3 is 2.67 bits per heavy atom. The average Bonchev–Trinajstić information content (AvgIpc) is 2.04. The largest absolute Gasteiger partial charge is 0.508 e. The summed E-state index contributed by atoms with van der Waals surface area (Å²) in [4.78, 5) is 0. The number of rotatable bonds is 0. The number of phenolic OH excluding ortho intramolecular Hbond substituents is 1. The third-order valence-electron chi connectivity index (χ3n) is 1.88. The molecule has 0 fully saturated rings. The zero-order chi connectivity index (χ0) is 8.55. The van der Waals surface area contributed by atoms with E-state index in [1.165, 1.54) is 0 Å². The van der Waals surface area contributed by atoms with Gasteiger partial charge in [0.1, 0.15) is 13.6 Å². The Kier molecular flexibility index (Phi) is 1.54. The molecule has 0 saturated heterocycles. The monoisotopic (exact) mass is 154 g/mol. The fourth-order valence-electron chi connectivity index (χ4n) is 1.32. The van der Waals surface area contributed by atoms with E-state index in [0.717, 1.165) is 10.8 Å². The second-order valence-corrected chi connectivity index (χ2v) is 2.76. The van der Waals surface area contributed by atoms with E-state index >= 15 is 0 Å². The molecule has 0 aliphatic carbocycles. The predicted octanol–water partition coefficient (Wildman–Crippen LogP) is 1.34. The van der Waals surface area contributed by atoms with Crippen LogP contribution in [0.15, 0.2) is 36.4 Å². The third kappa shape index (κ3) is 1.05. The number of hydrogen-bond acceptors (Lipinski definition) is 1. The van der Waals surface area contributed by atoms with Gasteiger partial charge < -0.3 is 5.11 Å². The van der Waals surface area contributed by atoms with Crippen LogP contribution in [0.5, 0.6) is 5.75 Å². The summed E-state index contributed by atoms with van der Waals surface area (Å²) in [5, 5.41) is 11.2. The van der Waals surface area contributed by atoms with Crippen LogP contribution in [0.2, 0.25) is 0 Å². The van der Waals surface area contributed by atoms with Gasteiger partial charge in [-0.15, -0.1) is 0 Å². The Bertz CT molecular complexity index is 423. The van der Waals surface area contributed by atoms with E-state index in [2.05, 4.69) is 0 Å². The van der Waals surface area contributed by atoms with Crippen molar-refractivity contribution < 1.29 is 5.11 Å². The van der Waals surface area contributed by atoms with E-state index in [-0.39, 0.29) is 5.75 Å². The van der Waals surface area contributed by atoms with Crippen molar-refractivity contribution in [3.8, 4) is 5.75 Å². The summed E-state index contributed by atoms with van der Waals surface area (Å²) in [6, 6.07) is 11.0. The SMILES string of the molecule is [B]c1cc(O)cc2ccccc12. The third-order valence-corrected chi connectivity index (χ3v) is 1.88. The molecule has 1 nitrogen and oxygen atoms in total. The number of phenols is 1. The van der Waals surface area contributed by atoms with Crippen molar-refractivity contribution in [3.05, 3.63) is 36.4 Å². The maximum absolute atomic E-state index is 9.23. The molecule has 0 spiro atoms. The highest BCUT2D eigenvalue weighted by atomic mass is 16.3. The normalized spacial score (nSPS) is 10.3. The first-order chi connectivity index (χ1) is 5.77. The minimum atomic E-state index is 0.214. The van der Waals surface area contributed by atoms with E-state index in [1.807, 2.05) is 24.3 Å². The first kappa shape index (κ1) is 7.23. The molecule has 0 atom stereocenters. The molecule has 0 unspecified atom stereocenters. The molecule has 12 heavy (non-hydrogen) atoms. The highest BCUT2D eigenvalue weighted by molar-refractivity contribution is 6.39. The molecule has 2 aromatic carbocycles. The maximum Gasteiger partial charge on any atom is 0.115 e. The van der Waals surface area contributed by atoms with Crippen LogP contribution in [0.1, 0.15) is 0 Å². The summed E-state index contributed by atoms with van der Waals surface area (Å²) in [6.07, 6.45) is 0. The lowest BCUT2D eigenvalue weighted by molar-refractivity contribution is 0.476. The van der Waals surface area contributed by atoms with Crippen LogP contribution >= 0.6 is 0 Å². The van der Waals surface area contributed by atoms with Crippen LogP contribution in [-0.4, -0.2) is 13.0 Å². The Labute approximate surface area is 72.1 Å². The Morgan fingerprint density at radius 1 is 1.08 bits per heavy atom. The van der Waals surface area contributed by atoms with Crippen LogP contribution < -0.4 is 5.46 Å². The van der Waals surface area contributed by atoms with Crippen LogP contribution in [0.25, 0.3) is 10.8 Å². The van der Waals surface area contributed by atoms with Crippen LogP contribution in [-0.2, 0) is 0 Å². The molecule has 0 heterocycles. The van der Waals surface area contributed by atoms with Crippen molar-refractivity contribution in [3.63, 3.8) is 0 Å². The van der Waals surface area contributed by atoms with E-state index in [0.29, 0.717) is 5.46 Å². The van der Waals surface area contributed by atoms with Gasteiger partial charge in [0.15, 0.2) is 0 Å². The van der Waals surface area contributed by atoms with Gasteiger partial charge >= 0.3 is 0 Å². The number of fused-ring (bicyclic) bond motifs is 1. The lowest BCUT2D eigenvalue weighted by Crippen LogP contribution is -2.02. The molecule has 0 aliphatic heterocycles. The Morgan fingerprint density at radius 2 is 1.83 bits per heavy atom. The van der Waals surface area contributed by atoms with E-state index in [4.69, 9.17) is 7.85 Å². The molecule has 2 heteroatoms. The van der Waals surface area contributed by atoms with Gasteiger partial charge in [-0.2, -0.15) is 0 Å². The van der Waals surface area contributed by atoms with Crippen LogP contribution in [0.3, 0.4) is 0 Å². The van der Waals surface area contributed by atoms with Gasteiger partial charge in [-0.25, -0.2) is 0 Å². The Balaban J connectivity index is 2.89. The molecule has 56 valence electrons. The minimum Gasteiger partial charge on any atom is -0.508 e. The summed E-state index contributed by atoms with van der Waals surface area (Å²) in [5.41, 5.74) is 0.616. The quantitative estimate of drug-likeness (QED) is 0.567. The zero-order valence-electron chi connectivity index (χ0n) is 6.49. The lowest BCUT2D eigenvalue weighted by Gasteiger charge is -2.02. The second kappa shape index (κ2) is 2.56. The van der Waals surface area contributed by atoms with Crippen molar-refractivity contribution in [2.24, 2.45) is 0 Å². The standard InChI is InChI=1S/C10H7BO/c11-10-6-8(12)5-7-3-1-2-4-9(7)10/h1-6,12H. The smallest absolute Gasteiger partial charge is 0.115 e. The van der Waals surface area contributed by atoms with Gasteiger partial charge in [-0.05, 0) is 22.9 Å². The van der Waals surface area contributed by atoms with Gasteiger partial charge in [0.2, 0.25) is 0 Å².